The minimum atomic E-state index is -3.94. The van der Waals surface area contributed by atoms with Gasteiger partial charge in [0.2, 0.25) is 0 Å². The first-order valence-corrected chi connectivity index (χ1v) is 3.33. The third kappa shape index (κ3) is 2.51. The van der Waals surface area contributed by atoms with Crippen LogP contribution in [0.3, 0.4) is 0 Å². The molecule has 0 amide bonds. The van der Waals surface area contributed by atoms with Crippen molar-refractivity contribution in [1.82, 2.24) is 0 Å². The fourth-order valence-corrected chi connectivity index (χ4v) is 1.23. The van der Waals surface area contributed by atoms with E-state index in [1.165, 1.54) is 0 Å². The van der Waals surface area contributed by atoms with Crippen LogP contribution in [0, 0.1) is 0 Å². The maximum absolute atomic E-state index is 11.3. The summed E-state index contributed by atoms with van der Waals surface area (Å²) in [5.41, 5.74) is -0.0602. The smallest absolute Gasteiger partial charge is 0.167 e. The predicted octanol–water partition coefficient (Wildman–Crippen LogP) is 2.61. The van der Waals surface area contributed by atoms with E-state index < -0.39 is 5.92 Å². The van der Waals surface area contributed by atoms with Gasteiger partial charge in [0.25, 0.3) is 0 Å². The second kappa shape index (κ2) is 1.87. The fourth-order valence-electron chi connectivity index (χ4n) is 0.411. The number of rotatable bonds is 1. The summed E-state index contributed by atoms with van der Waals surface area (Å²) in [4.78, 5) is 0. The monoisotopic (exact) mass is 141 g/mol. The molecule has 0 aromatic heterocycles. The molecule has 0 unspecified atom stereocenters. The summed E-state index contributed by atoms with van der Waals surface area (Å²) in [5, 5.41) is 0. The zero-order valence-corrected chi connectivity index (χ0v) is 4.97. The van der Waals surface area contributed by atoms with Gasteiger partial charge < -0.3 is 0 Å². The largest absolute Gasteiger partial charge is 0.409 e. The van der Waals surface area contributed by atoms with E-state index in [1.807, 2.05) is 0 Å². The highest BCUT2D eigenvalue weighted by Crippen LogP contribution is 2.49. The summed E-state index contributed by atoms with van der Waals surface area (Å²) in [7, 11) is -0.334. The summed E-state index contributed by atoms with van der Waals surface area (Å²) < 4.78 is 34.0. The summed E-state index contributed by atoms with van der Waals surface area (Å²) >= 11 is 0. The van der Waals surface area contributed by atoms with E-state index >= 15 is 0 Å². The minimum Gasteiger partial charge on any atom is -0.167 e. The maximum Gasteiger partial charge on any atom is 0.409 e. The molecule has 1 saturated carbocycles. The first kappa shape index (κ1) is 6.34. The Morgan fingerprint density at radius 2 is 1.75 bits per heavy atom. The van der Waals surface area contributed by atoms with E-state index in [-0.39, 0.29) is 14.2 Å². The molecular weight excluding hydrogens is 136 g/mol. The summed E-state index contributed by atoms with van der Waals surface area (Å²) in [6, 6.07) is 0. The van der Waals surface area contributed by atoms with Crippen LogP contribution in [0.5, 0.6) is 0 Å². The van der Waals surface area contributed by atoms with E-state index in [0.717, 1.165) is 12.8 Å². The highest BCUT2D eigenvalue weighted by Gasteiger charge is 2.37. The van der Waals surface area contributed by atoms with Crippen LogP contribution in [0.15, 0.2) is 0 Å². The van der Waals surface area contributed by atoms with Crippen LogP contribution >= 0.6 is 8.58 Å². The number of alkyl halides is 3. The highest BCUT2D eigenvalue weighted by atomic mass is 31.1. The van der Waals surface area contributed by atoms with Gasteiger partial charge in [0.1, 0.15) is 0 Å². The number of hydrogen-bond donors (Lipinski definition) is 0. The maximum atomic E-state index is 11.3. The Morgan fingerprint density at radius 3 is 1.88 bits per heavy atom. The van der Waals surface area contributed by atoms with Crippen molar-refractivity contribution >= 4 is 8.58 Å². The Hall–Kier alpha value is 0.220. The van der Waals surface area contributed by atoms with E-state index in [1.54, 1.807) is 0 Å². The molecule has 0 atom stereocenters. The Bertz CT molecular complexity index is 83.8. The van der Waals surface area contributed by atoms with Crippen molar-refractivity contribution in [1.29, 1.82) is 0 Å². The quantitative estimate of drug-likeness (QED) is 0.492. The lowest BCUT2D eigenvalue weighted by Gasteiger charge is -2.00. The Labute approximate surface area is 47.2 Å². The van der Waals surface area contributed by atoms with Gasteiger partial charge in [-0.2, -0.15) is 13.2 Å². The van der Waals surface area contributed by atoms with Gasteiger partial charge in [0, 0.05) is 8.58 Å². The van der Waals surface area contributed by atoms with Crippen LogP contribution in [0.25, 0.3) is 0 Å². The van der Waals surface area contributed by atoms with Crippen LogP contribution < -0.4 is 0 Å². The van der Waals surface area contributed by atoms with Gasteiger partial charge in [0.15, 0.2) is 0 Å². The topological polar surface area (TPSA) is 0 Å². The van der Waals surface area contributed by atoms with E-state index in [4.69, 9.17) is 0 Å². The molecule has 0 spiro atoms. The van der Waals surface area contributed by atoms with Gasteiger partial charge in [-0.05, 0) is 18.5 Å². The average molecular weight is 141 g/mol. The molecule has 0 heterocycles. The molecule has 0 saturated heterocycles. The van der Waals surface area contributed by atoms with Crippen LogP contribution in [-0.2, 0) is 0 Å². The standard InChI is InChI=1S/C4H5F3P/c5-4(6,7)8-3-1-2-3/h3H,1-2H2. The van der Waals surface area contributed by atoms with Crippen molar-refractivity contribution in [2.24, 2.45) is 0 Å². The molecule has 0 aromatic carbocycles. The zero-order chi connectivity index (χ0) is 6.20. The molecule has 0 aromatic rings. The SMILES string of the molecule is FC(F)(F)[P]C1CC1. The lowest BCUT2D eigenvalue weighted by Crippen LogP contribution is -1.97. The molecule has 1 aliphatic rings. The van der Waals surface area contributed by atoms with Crippen molar-refractivity contribution in [3.8, 4) is 0 Å². The van der Waals surface area contributed by atoms with E-state index in [0.29, 0.717) is 0 Å². The zero-order valence-electron chi connectivity index (χ0n) is 4.07. The second-order valence-electron chi connectivity index (χ2n) is 1.83. The number of halogens is 3. The fraction of sp³-hybridized carbons (Fsp3) is 1.00. The first-order valence-electron chi connectivity index (χ1n) is 2.37. The van der Waals surface area contributed by atoms with Gasteiger partial charge in [0.05, 0.1) is 0 Å². The molecule has 4 heteroatoms. The van der Waals surface area contributed by atoms with Crippen molar-refractivity contribution in [3.05, 3.63) is 0 Å². The van der Waals surface area contributed by atoms with Crippen molar-refractivity contribution in [2.45, 2.75) is 24.4 Å². The van der Waals surface area contributed by atoms with Gasteiger partial charge in [-0.25, -0.2) is 0 Å². The summed E-state index contributed by atoms with van der Waals surface area (Å²) in [6.45, 7) is 0. The molecule has 0 N–H and O–H groups in total. The van der Waals surface area contributed by atoms with Crippen molar-refractivity contribution < 1.29 is 13.2 Å². The van der Waals surface area contributed by atoms with Gasteiger partial charge >= 0.3 is 5.92 Å². The number of hydrogen-bond acceptors (Lipinski definition) is 0. The van der Waals surface area contributed by atoms with Crippen LogP contribution in [0.1, 0.15) is 12.8 Å². The normalized spacial score (nSPS) is 22.9. The third-order valence-corrected chi connectivity index (χ3v) is 2.05. The molecule has 1 aliphatic carbocycles. The first-order chi connectivity index (χ1) is 3.58. The lowest BCUT2D eigenvalue weighted by molar-refractivity contribution is -0.0372. The molecule has 1 radical (unpaired) electrons. The molecule has 0 aliphatic heterocycles. The molecule has 0 nitrogen and oxygen atoms in total. The Morgan fingerprint density at radius 1 is 1.25 bits per heavy atom. The second-order valence-corrected chi connectivity index (χ2v) is 3.32. The highest BCUT2D eigenvalue weighted by molar-refractivity contribution is 7.40. The molecular formula is C4H5F3P. The molecule has 1 fully saturated rings. The predicted molar refractivity (Wildman–Crippen MR) is 26.0 cm³/mol. The van der Waals surface area contributed by atoms with Crippen LogP contribution in [0.4, 0.5) is 13.2 Å². The van der Waals surface area contributed by atoms with Gasteiger partial charge in [-0.1, -0.05) is 0 Å². The molecule has 47 valence electrons. The summed E-state index contributed by atoms with van der Waals surface area (Å²) in [5.74, 6) is -3.94. The minimum absolute atomic E-state index is 0.0602. The van der Waals surface area contributed by atoms with Crippen molar-refractivity contribution in [2.75, 3.05) is 0 Å². The Kier molecular flexibility index (Phi) is 1.48. The Balaban J connectivity index is 2.16. The lowest BCUT2D eigenvalue weighted by atomic mass is 11.0. The van der Waals surface area contributed by atoms with E-state index in [2.05, 4.69) is 0 Å². The molecule has 8 heavy (non-hydrogen) atoms. The molecule has 1 rings (SSSR count). The third-order valence-electron chi connectivity index (χ3n) is 0.876. The van der Waals surface area contributed by atoms with Gasteiger partial charge in [-0.15, -0.1) is 0 Å². The van der Waals surface area contributed by atoms with Gasteiger partial charge in [-0.3, -0.25) is 0 Å². The molecule has 0 bridgehead atoms. The summed E-state index contributed by atoms with van der Waals surface area (Å²) in [6.07, 6.45) is 1.53. The van der Waals surface area contributed by atoms with E-state index in [9.17, 15) is 13.2 Å². The van der Waals surface area contributed by atoms with Crippen LogP contribution in [-0.4, -0.2) is 11.6 Å². The van der Waals surface area contributed by atoms with Crippen LogP contribution in [0.2, 0.25) is 0 Å². The van der Waals surface area contributed by atoms with Crippen molar-refractivity contribution in [3.63, 3.8) is 0 Å². The average Bonchev–Trinajstić information content (AvgIpc) is 2.12.